The van der Waals surface area contributed by atoms with E-state index < -0.39 is 0 Å². The second kappa shape index (κ2) is 5.23. The van der Waals surface area contributed by atoms with Crippen LogP contribution in [-0.2, 0) is 6.54 Å². The van der Waals surface area contributed by atoms with Crippen molar-refractivity contribution in [3.63, 3.8) is 0 Å². The lowest BCUT2D eigenvalue weighted by Crippen LogP contribution is -2.22. The minimum Gasteiger partial charge on any atom is -0.345 e. The molecule has 0 fully saturated rings. The van der Waals surface area contributed by atoms with Crippen LogP contribution in [0, 0.1) is 0 Å². The summed E-state index contributed by atoms with van der Waals surface area (Å²) in [5, 5.41) is 5.61. The summed E-state index contributed by atoms with van der Waals surface area (Å²) < 4.78 is 0.798. The lowest BCUT2D eigenvalue weighted by Gasteiger charge is -2.04. The van der Waals surface area contributed by atoms with Crippen molar-refractivity contribution in [2.75, 3.05) is 0 Å². The molecule has 0 aliphatic carbocycles. The lowest BCUT2D eigenvalue weighted by atomic mass is 10.2. The van der Waals surface area contributed by atoms with Gasteiger partial charge < -0.3 is 5.32 Å². The Balaban J connectivity index is 2.01. The zero-order valence-electron chi connectivity index (χ0n) is 8.31. The van der Waals surface area contributed by atoms with Crippen LogP contribution < -0.4 is 5.32 Å². The van der Waals surface area contributed by atoms with Gasteiger partial charge in [0.25, 0.3) is 5.91 Å². The highest BCUT2D eigenvalue weighted by atomic mass is 79.9. The van der Waals surface area contributed by atoms with E-state index in [2.05, 4.69) is 26.2 Å². The van der Waals surface area contributed by atoms with Crippen LogP contribution >= 0.6 is 27.3 Å². The zero-order chi connectivity index (χ0) is 11.4. The van der Waals surface area contributed by atoms with Gasteiger partial charge in [0.2, 0.25) is 0 Å². The number of rotatable bonds is 3. The molecule has 0 unspecified atom stereocenters. The van der Waals surface area contributed by atoms with Gasteiger partial charge in [0, 0.05) is 16.0 Å². The first kappa shape index (κ1) is 11.3. The van der Waals surface area contributed by atoms with Gasteiger partial charge in [-0.05, 0) is 28.1 Å². The van der Waals surface area contributed by atoms with Gasteiger partial charge in [-0.1, -0.05) is 12.1 Å². The first-order valence-electron chi connectivity index (χ1n) is 4.68. The molecule has 82 valence electrons. The van der Waals surface area contributed by atoms with Crippen molar-refractivity contribution in [3.8, 4) is 0 Å². The minimum absolute atomic E-state index is 0.0947. The van der Waals surface area contributed by atoms with E-state index >= 15 is 0 Å². The van der Waals surface area contributed by atoms with E-state index in [4.69, 9.17) is 0 Å². The highest BCUT2D eigenvalue weighted by Crippen LogP contribution is 2.15. The van der Waals surface area contributed by atoms with E-state index in [0.717, 1.165) is 9.48 Å². The van der Waals surface area contributed by atoms with Gasteiger partial charge in [-0.3, -0.25) is 4.79 Å². The molecule has 0 saturated carbocycles. The Morgan fingerprint density at radius 1 is 1.44 bits per heavy atom. The number of carbonyl (C=O) groups excluding carboxylic acids is 1. The van der Waals surface area contributed by atoms with E-state index in [1.807, 2.05) is 23.6 Å². The quantitative estimate of drug-likeness (QED) is 0.946. The molecule has 1 heterocycles. The smallest absolute Gasteiger partial charge is 0.252 e. The van der Waals surface area contributed by atoms with Crippen LogP contribution in [0.2, 0.25) is 0 Å². The molecule has 0 saturated heterocycles. The third-order valence-electron chi connectivity index (χ3n) is 2.00. The van der Waals surface area contributed by atoms with Crippen molar-refractivity contribution in [2.45, 2.75) is 6.54 Å². The molecule has 1 aromatic carbocycles. The number of hydrogen-bond donors (Lipinski definition) is 1. The molecule has 5 heteroatoms. The number of hydrogen-bond acceptors (Lipinski definition) is 3. The number of amides is 1. The summed E-state index contributed by atoms with van der Waals surface area (Å²) in [6.07, 6.45) is 1.73. The summed E-state index contributed by atoms with van der Waals surface area (Å²) in [5.41, 5.74) is 0.638. The van der Waals surface area contributed by atoms with Crippen LogP contribution in [0.25, 0.3) is 0 Å². The lowest BCUT2D eigenvalue weighted by molar-refractivity contribution is 0.0950. The number of halogens is 1. The monoisotopic (exact) mass is 296 g/mol. The summed E-state index contributed by atoms with van der Waals surface area (Å²) >= 11 is 4.87. The summed E-state index contributed by atoms with van der Waals surface area (Å²) in [5.74, 6) is -0.0947. The second-order valence-electron chi connectivity index (χ2n) is 3.09. The van der Waals surface area contributed by atoms with Crippen molar-refractivity contribution in [1.82, 2.24) is 10.3 Å². The fraction of sp³-hybridized carbons (Fsp3) is 0.0909. The number of nitrogens with zero attached hydrogens (tertiary/aromatic N) is 1. The predicted octanol–water partition coefficient (Wildman–Crippen LogP) is 2.84. The molecule has 2 rings (SSSR count). The number of benzene rings is 1. The third-order valence-corrected chi connectivity index (χ3v) is 3.47. The van der Waals surface area contributed by atoms with Crippen LogP contribution in [0.3, 0.4) is 0 Å². The molecule has 0 aliphatic rings. The fourth-order valence-electron chi connectivity index (χ4n) is 1.24. The Morgan fingerprint density at radius 3 is 2.94 bits per heavy atom. The van der Waals surface area contributed by atoms with Crippen molar-refractivity contribution in [1.29, 1.82) is 0 Å². The number of aromatic nitrogens is 1. The van der Waals surface area contributed by atoms with E-state index in [1.165, 1.54) is 11.3 Å². The summed E-state index contributed by atoms with van der Waals surface area (Å²) in [6.45, 7) is 0.470. The molecule has 0 bridgehead atoms. The van der Waals surface area contributed by atoms with E-state index in [-0.39, 0.29) is 5.91 Å². The van der Waals surface area contributed by atoms with Crippen molar-refractivity contribution < 1.29 is 4.79 Å². The van der Waals surface area contributed by atoms with Gasteiger partial charge in [-0.15, -0.1) is 11.3 Å². The van der Waals surface area contributed by atoms with Crippen LogP contribution in [0.15, 0.2) is 40.3 Å². The Labute approximate surface area is 106 Å². The normalized spacial score (nSPS) is 10.1. The van der Waals surface area contributed by atoms with E-state index in [1.54, 1.807) is 12.3 Å². The van der Waals surface area contributed by atoms with Crippen molar-refractivity contribution >= 4 is 33.2 Å². The summed E-state index contributed by atoms with van der Waals surface area (Å²) in [4.78, 5) is 15.9. The first-order valence-corrected chi connectivity index (χ1v) is 6.36. The maximum Gasteiger partial charge on any atom is 0.252 e. The molecule has 2 aromatic rings. The van der Waals surface area contributed by atoms with Crippen molar-refractivity contribution in [2.24, 2.45) is 0 Å². The molecule has 1 amide bonds. The van der Waals surface area contributed by atoms with Crippen LogP contribution in [0.4, 0.5) is 0 Å². The van der Waals surface area contributed by atoms with Gasteiger partial charge in [-0.2, -0.15) is 0 Å². The van der Waals surface area contributed by atoms with Gasteiger partial charge in [0.15, 0.2) is 0 Å². The van der Waals surface area contributed by atoms with Crippen LogP contribution in [0.1, 0.15) is 15.4 Å². The average molecular weight is 297 g/mol. The molecule has 0 atom stereocenters. The highest BCUT2D eigenvalue weighted by molar-refractivity contribution is 9.10. The Bertz CT molecular complexity index is 484. The predicted molar refractivity (Wildman–Crippen MR) is 67.4 cm³/mol. The largest absolute Gasteiger partial charge is 0.345 e. The maximum atomic E-state index is 11.8. The topological polar surface area (TPSA) is 42.0 Å². The van der Waals surface area contributed by atoms with Crippen LogP contribution in [0.5, 0.6) is 0 Å². The van der Waals surface area contributed by atoms with Crippen molar-refractivity contribution in [3.05, 3.63) is 50.9 Å². The number of nitrogens with one attached hydrogen (secondary N) is 1. The van der Waals surface area contributed by atoms with Gasteiger partial charge in [0.05, 0.1) is 12.1 Å². The molecule has 16 heavy (non-hydrogen) atoms. The highest BCUT2D eigenvalue weighted by Gasteiger charge is 2.08. The first-order chi connectivity index (χ1) is 7.77. The Hall–Kier alpha value is -1.20. The second-order valence-corrected chi connectivity index (χ2v) is 4.92. The molecule has 1 aromatic heterocycles. The summed E-state index contributed by atoms with van der Waals surface area (Å²) in [6, 6.07) is 7.34. The molecule has 0 spiro atoms. The molecule has 3 nitrogen and oxygen atoms in total. The number of carbonyl (C=O) groups is 1. The standard InChI is InChI=1S/C11H9BrN2OS/c12-9-4-2-1-3-8(9)11(15)14-7-10-13-5-6-16-10/h1-6H,7H2,(H,14,15). The number of thiazole rings is 1. The Morgan fingerprint density at radius 2 is 2.25 bits per heavy atom. The maximum absolute atomic E-state index is 11.8. The average Bonchev–Trinajstić information content (AvgIpc) is 2.79. The fourth-order valence-corrected chi connectivity index (χ4v) is 2.26. The van der Waals surface area contributed by atoms with Gasteiger partial charge in [-0.25, -0.2) is 4.98 Å². The van der Waals surface area contributed by atoms with E-state index in [9.17, 15) is 4.79 Å². The SMILES string of the molecule is O=C(NCc1nccs1)c1ccccc1Br. The zero-order valence-corrected chi connectivity index (χ0v) is 10.7. The molecule has 0 aliphatic heterocycles. The molecular formula is C11H9BrN2OS. The van der Waals surface area contributed by atoms with E-state index in [0.29, 0.717) is 12.1 Å². The molecular weight excluding hydrogens is 288 g/mol. The van der Waals surface area contributed by atoms with Gasteiger partial charge >= 0.3 is 0 Å². The molecule has 0 radical (unpaired) electrons. The Kier molecular flexibility index (Phi) is 3.69. The summed E-state index contributed by atoms with van der Waals surface area (Å²) in [7, 11) is 0. The minimum atomic E-state index is -0.0947. The van der Waals surface area contributed by atoms with Gasteiger partial charge in [0.1, 0.15) is 5.01 Å². The molecule has 1 N–H and O–H groups in total. The van der Waals surface area contributed by atoms with Crippen LogP contribution in [-0.4, -0.2) is 10.9 Å². The third kappa shape index (κ3) is 2.68.